The minimum absolute atomic E-state index is 0.114. The van der Waals surface area contributed by atoms with Crippen LogP contribution < -0.4 is 0 Å². The quantitative estimate of drug-likeness (QED) is 0.346. The number of amides is 1. The third-order valence-electron chi connectivity index (χ3n) is 4.39. The van der Waals surface area contributed by atoms with Crippen LogP contribution in [0.15, 0.2) is 41.6 Å². The number of thiocarbonyl (C=S) groups is 1. The Bertz CT molecular complexity index is 958. The molecule has 1 N–H and O–H groups in total. The molecule has 6 nitrogen and oxygen atoms in total. The van der Waals surface area contributed by atoms with Gasteiger partial charge in [-0.2, -0.15) is 5.10 Å². The Balaban J connectivity index is 1.59. The lowest BCUT2D eigenvalue weighted by molar-refractivity contribution is -0.137. The molecule has 1 aromatic carbocycles. The smallest absolute Gasteiger partial charge is 0.303 e. The fraction of sp³-hybridized carbons (Fsp3) is 0.300. The highest BCUT2D eigenvalue weighted by Crippen LogP contribution is 2.32. The lowest BCUT2D eigenvalue weighted by atomic mass is 10.2. The number of aromatic nitrogens is 2. The van der Waals surface area contributed by atoms with Gasteiger partial charge in [-0.25, -0.2) is 0 Å². The van der Waals surface area contributed by atoms with Crippen LogP contribution in [-0.2, 0) is 16.1 Å². The van der Waals surface area contributed by atoms with Crippen LogP contribution >= 0.6 is 35.6 Å². The van der Waals surface area contributed by atoms with E-state index < -0.39 is 5.97 Å². The molecule has 29 heavy (non-hydrogen) atoms. The van der Waals surface area contributed by atoms with Crippen molar-refractivity contribution in [2.45, 2.75) is 32.2 Å². The fourth-order valence-electron chi connectivity index (χ4n) is 2.91. The molecule has 2 heterocycles. The molecule has 0 saturated carbocycles. The SMILES string of the molecule is O=C(O)CCCCCN1C(=O)/C(=C\c2cnn(Cc3ccccc3Cl)c2)SC1=S. The summed E-state index contributed by atoms with van der Waals surface area (Å²) in [5.41, 5.74) is 1.79. The normalized spacial score (nSPS) is 15.5. The highest BCUT2D eigenvalue weighted by atomic mass is 35.5. The van der Waals surface area contributed by atoms with Gasteiger partial charge in [-0.1, -0.05) is 60.2 Å². The molecule has 0 atom stereocenters. The van der Waals surface area contributed by atoms with Crippen molar-refractivity contribution in [2.75, 3.05) is 6.54 Å². The molecule has 1 aromatic heterocycles. The zero-order valence-electron chi connectivity index (χ0n) is 15.6. The van der Waals surface area contributed by atoms with Crippen LogP contribution in [0.2, 0.25) is 5.02 Å². The summed E-state index contributed by atoms with van der Waals surface area (Å²) < 4.78 is 2.30. The molecule has 3 rings (SSSR count). The van der Waals surface area contributed by atoms with E-state index in [1.54, 1.807) is 21.9 Å². The van der Waals surface area contributed by atoms with Gasteiger partial charge in [-0.05, 0) is 30.5 Å². The first-order chi connectivity index (χ1) is 13.9. The molecule has 0 unspecified atom stereocenters. The molecule has 1 aliphatic rings. The van der Waals surface area contributed by atoms with Crippen molar-refractivity contribution in [1.29, 1.82) is 0 Å². The van der Waals surface area contributed by atoms with E-state index in [9.17, 15) is 9.59 Å². The molecule has 2 aromatic rings. The number of thioether (sulfide) groups is 1. The third kappa shape index (κ3) is 5.91. The highest BCUT2D eigenvalue weighted by molar-refractivity contribution is 8.26. The number of carboxylic acid groups (broad SMARTS) is 1. The van der Waals surface area contributed by atoms with Crippen molar-refractivity contribution in [2.24, 2.45) is 0 Å². The summed E-state index contributed by atoms with van der Waals surface area (Å²) in [6.07, 6.45) is 7.58. The van der Waals surface area contributed by atoms with Crippen LogP contribution in [0.25, 0.3) is 6.08 Å². The van der Waals surface area contributed by atoms with Gasteiger partial charge in [0, 0.05) is 29.7 Å². The first-order valence-electron chi connectivity index (χ1n) is 9.17. The van der Waals surface area contributed by atoms with E-state index in [4.69, 9.17) is 28.9 Å². The topological polar surface area (TPSA) is 75.4 Å². The van der Waals surface area contributed by atoms with Gasteiger partial charge in [-0.15, -0.1) is 0 Å². The largest absolute Gasteiger partial charge is 0.481 e. The Morgan fingerprint density at radius 3 is 2.83 bits per heavy atom. The standard InChI is InChI=1S/C20H20ClN3O3S2/c21-16-7-4-3-6-15(16)13-23-12-14(11-22-23)10-17-19(27)24(20(28)29-17)9-5-1-2-8-18(25)26/h3-4,6-7,10-12H,1-2,5,8-9,13H2,(H,25,26)/b17-10+. The molecule has 0 bridgehead atoms. The first kappa shape index (κ1) is 21.5. The number of benzene rings is 1. The summed E-state index contributed by atoms with van der Waals surface area (Å²) in [6.45, 7) is 1.05. The molecule has 0 aliphatic carbocycles. The minimum atomic E-state index is -0.798. The summed E-state index contributed by atoms with van der Waals surface area (Å²) in [5, 5.41) is 13.7. The molecule has 1 aliphatic heterocycles. The lowest BCUT2D eigenvalue weighted by Crippen LogP contribution is -2.29. The van der Waals surface area contributed by atoms with E-state index in [1.165, 1.54) is 11.8 Å². The molecule has 1 saturated heterocycles. The number of carbonyl (C=O) groups excluding carboxylic acids is 1. The van der Waals surface area contributed by atoms with Crippen molar-refractivity contribution in [3.05, 3.63) is 57.7 Å². The van der Waals surface area contributed by atoms with Gasteiger partial charge in [-0.3, -0.25) is 19.2 Å². The van der Waals surface area contributed by atoms with Crippen LogP contribution in [0.3, 0.4) is 0 Å². The summed E-state index contributed by atoms with van der Waals surface area (Å²) in [5.74, 6) is -0.911. The summed E-state index contributed by atoms with van der Waals surface area (Å²) in [4.78, 5) is 25.3. The Labute approximate surface area is 183 Å². The van der Waals surface area contributed by atoms with Gasteiger partial charge in [0.05, 0.1) is 17.6 Å². The number of nitrogens with zero attached hydrogens (tertiary/aromatic N) is 3. The number of rotatable bonds is 9. The van der Waals surface area contributed by atoms with Gasteiger partial charge in [0.1, 0.15) is 4.32 Å². The molecule has 1 amide bonds. The Morgan fingerprint density at radius 2 is 2.07 bits per heavy atom. The van der Waals surface area contributed by atoms with Gasteiger partial charge in [0.25, 0.3) is 5.91 Å². The maximum atomic E-state index is 12.6. The van der Waals surface area contributed by atoms with Gasteiger partial charge in [0.2, 0.25) is 0 Å². The van der Waals surface area contributed by atoms with Crippen LogP contribution in [0.1, 0.15) is 36.8 Å². The summed E-state index contributed by atoms with van der Waals surface area (Å²) in [7, 11) is 0. The summed E-state index contributed by atoms with van der Waals surface area (Å²) in [6, 6.07) is 7.60. The van der Waals surface area contributed by atoms with E-state index in [2.05, 4.69) is 5.10 Å². The molecular formula is C20H20ClN3O3S2. The number of carbonyl (C=O) groups is 2. The molecular weight excluding hydrogens is 430 g/mol. The van der Waals surface area contributed by atoms with E-state index in [0.717, 1.165) is 24.0 Å². The number of hydrogen-bond acceptors (Lipinski definition) is 5. The van der Waals surface area contributed by atoms with Crippen LogP contribution in [0.5, 0.6) is 0 Å². The predicted molar refractivity (Wildman–Crippen MR) is 119 cm³/mol. The average Bonchev–Trinajstić information content (AvgIpc) is 3.22. The number of halogens is 1. The molecule has 0 spiro atoms. The lowest BCUT2D eigenvalue weighted by Gasteiger charge is -2.13. The van der Waals surface area contributed by atoms with Crippen LogP contribution in [0.4, 0.5) is 0 Å². The predicted octanol–water partition coefficient (Wildman–Crippen LogP) is 4.43. The Morgan fingerprint density at radius 1 is 1.28 bits per heavy atom. The Kier molecular flexibility index (Phi) is 7.46. The van der Waals surface area contributed by atoms with Crippen molar-refractivity contribution in [3.8, 4) is 0 Å². The zero-order valence-corrected chi connectivity index (χ0v) is 18.0. The van der Waals surface area contributed by atoms with Crippen LogP contribution in [0, 0.1) is 0 Å². The number of hydrogen-bond donors (Lipinski definition) is 1. The monoisotopic (exact) mass is 449 g/mol. The second-order valence-electron chi connectivity index (χ2n) is 6.60. The first-order valence-corrected chi connectivity index (χ1v) is 10.8. The third-order valence-corrected chi connectivity index (χ3v) is 6.13. The Hall–Kier alpha value is -2.16. The molecule has 1 fully saturated rings. The highest BCUT2D eigenvalue weighted by Gasteiger charge is 2.31. The number of carboxylic acids is 1. The van der Waals surface area contributed by atoms with Crippen molar-refractivity contribution in [1.82, 2.24) is 14.7 Å². The van der Waals surface area contributed by atoms with Gasteiger partial charge in [0.15, 0.2) is 0 Å². The maximum Gasteiger partial charge on any atom is 0.303 e. The minimum Gasteiger partial charge on any atom is -0.481 e. The number of aliphatic carboxylic acids is 1. The van der Waals surface area contributed by atoms with E-state index in [-0.39, 0.29) is 12.3 Å². The number of unbranched alkanes of at least 4 members (excludes halogenated alkanes) is 2. The van der Waals surface area contributed by atoms with Gasteiger partial charge < -0.3 is 5.11 Å². The second kappa shape index (κ2) is 10.0. The molecule has 9 heteroatoms. The molecule has 0 radical (unpaired) electrons. The van der Waals surface area contributed by atoms with Crippen molar-refractivity contribution >= 4 is 57.9 Å². The van der Waals surface area contributed by atoms with Crippen LogP contribution in [-0.4, -0.2) is 42.5 Å². The summed E-state index contributed by atoms with van der Waals surface area (Å²) >= 11 is 12.8. The second-order valence-corrected chi connectivity index (χ2v) is 8.68. The van der Waals surface area contributed by atoms with Gasteiger partial charge >= 0.3 is 5.97 Å². The zero-order chi connectivity index (χ0) is 20.8. The molecule has 152 valence electrons. The maximum absolute atomic E-state index is 12.6. The van der Waals surface area contributed by atoms with E-state index >= 15 is 0 Å². The fourth-order valence-corrected chi connectivity index (χ4v) is 4.41. The van der Waals surface area contributed by atoms with Crippen molar-refractivity contribution in [3.63, 3.8) is 0 Å². The average molecular weight is 450 g/mol. The van der Waals surface area contributed by atoms with Crippen molar-refractivity contribution < 1.29 is 14.7 Å². The van der Waals surface area contributed by atoms with E-state index in [1.807, 2.05) is 30.5 Å². The van der Waals surface area contributed by atoms with E-state index in [0.29, 0.717) is 33.8 Å².